The highest BCUT2D eigenvalue weighted by atomic mass is 16.5. The van der Waals surface area contributed by atoms with Crippen molar-refractivity contribution in [3.8, 4) is 17.6 Å². The van der Waals surface area contributed by atoms with E-state index >= 15 is 0 Å². The summed E-state index contributed by atoms with van der Waals surface area (Å²) in [6.07, 6.45) is 0.620. The molecule has 4 amide bonds. The van der Waals surface area contributed by atoms with Crippen molar-refractivity contribution in [2.75, 3.05) is 18.6 Å². The fourth-order valence-electron chi connectivity index (χ4n) is 2.77. The largest absolute Gasteiger partial charge is 0.494 e. The number of amides is 4. The van der Waals surface area contributed by atoms with Crippen molar-refractivity contribution in [1.82, 2.24) is 15.6 Å². The number of aromatic nitrogens is 1. The van der Waals surface area contributed by atoms with E-state index < -0.39 is 24.1 Å². The summed E-state index contributed by atoms with van der Waals surface area (Å²) in [7, 11) is 1.46. The summed E-state index contributed by atoms with van der Waals surface area (Å²) in [6.45, 7) is 0.448. The highest BCUT2D eigenvalue weighted by Crippen LogP contribution is 2.23. The van der Waals surface area contributed by atoms with Crippen LogP contribution in [0, 0.1) is 11.8 Å². The van der Waals surface area contributed by atoms with Gasteiger partial charge in [-0.2, -0.15) is 0 Å². The molecule has 2 aliphatic rings. The van der Waals surface area contributed by atoms with E-state index in [2.05, 4.69) is 27.5 Å². The SMILES string of the molecule is COc1ccc(N2CCCC(O)CC2=O)nc1C#CC1NC(=O)NC1=O. The average Bonchev–Trinajstić information content (AvgIpc) is 2.83. The number of ether oxygens (including phenoxy) is 1. The molecule has 0 spiro atoms. The monoisotopic (exact) mass is 358 g/mol. The summed E-state index contributed by atoms with van der Waals surface area (Å²) in [5.74, 6) is 5.39. The number of hydrogen-bond acceptors (Lipinski definition) is 6. The number of methoxy groups -OCH3 is 1. The molecular formula is C17H18N4O5. The van der Waals surface area contributed by atoms with E-state index in [1.165, 1.54) is 12.0 Å². The van der Waals surface area contributed by atoms with Gasteiger partial charge in [0.05, 0.1) is 19.6 Å². The van der Waals surface area contributed by atoms with Crippen molar-refractivity contribution >= 4 is 23.7 Å². The van der Waals surface area contributed by atoms with Gasteiger partial charge in [0.1, 0.15) is 5.82 Å². The number of carbonyl (C=O) groups excluding carboxylic acids is 3. The van der Waals surface area contributed by atoms with Gasteiger partial charge >= 0.3 is 6.03 Å². The molecule has 3 heterocycles. The lowest BCUT2D eigenvalue weighted by molar-refractivity contribution is -0.120. The van der Waals surface area contributed by atoms with Crippen LogP contribution in [0.5, 0.6) is 5.75 Å². The van der Waals surface area contributed by atoms with Crippen LogP contribution in [0.2, 0.25) is 0 Å². The lowest BCUT2D eigenvalue weighted by Crippen LogP contribution is -2.32. The number of hydrogen-bond donors (Lipinski definition) is 3. The lowest BCUT2D eigenvalue weighted by Gasteiger charge is -2.20. The molecule has 2 saturated heterocycles. The van der Waals surface area contributed by atoms with E-state index in [-0.39, 0.29) is 18.0 Å². The zero-order valence-electron chi connectivity index (χ0n) is 14.1. The minimum Gasteiger partial charge on any atom is -0.494 e. The van der Waals surface area contributed by atoms with Crippen molar-refractivity contribution in [2.24, 2.45) is 0 Å². The molecule has 0 saturated carbocycles. The predicted molar refractivity (Wildman–Crippen MR) is 90.3 cm³/mol. The molecule has 136 valence electrons. The van der Waals surface area contributed by atoms with Crippen molar-refractivity contribution in [3.05, 3.63) is 17.8 Å². The number of imide groups is 1. The fraction of sp³-hybridized carbons (Fsp3) is 0.412. The van der Waals surface area contributed by atoms with Gasteiger partial charge in [-0.25, -0.2) is 9.78 Å². The molecule has 0 aromatic carbocycles. The Morgan fingerprint density at radius 2 is 2.15 bits per heavy atom. The molecule has 2 fully saturated rings. The quantitative estimate of drug-likeness (QED) is 0.485. The number of pyridine rings is 1. The Bertz CT molecular complexity index is 813. The molecule has 2 unspecified atom stereocenters. The van der Waals surface area contributed by atoms with Crippen LogP contribution in [0.25, 0.3) is 0 Å². The van der Waals surface area contributed by atoms with Crippen LogP contribution in [0.4, 0.5) is 10.6 Å². The predicted octanol–water partition coefficient (Wildman–Crippen LogP) is -0.472. The number of carbonyl (C=O) groups is 3. The smallest absolute Gasteiger partial charge is 0.322 e. The Kier molecular flexibility index (Phi) is 5.04. The first-order valence-electron chi connectivity index (χ1n) is 8.14. The van der Waals surface area contributed by atoms with Crippen LogP contribution in [0.3, 0.4) is 0 Å². The molecule has 2 atom stereocenters. The van der Waals surface area contributed by atoms with Gasteiger partial charge in [-0.3, -0.25) is 19.8 Å². The summed E-state index contributed by atoms with van der Waals surface area (Å²) in [6, 6.07) is 1.71. The second-order valence-electron chi connectivity index (χ2n) is 5.93. The van der Waals surface area contributed by atoms with Crippen molar-refractivity contribution in [3.63, 3.8) is 0 Å². The van der Waals surface area contributed by atoms with Crippen LogP contribution < -0.4 is 20.3 Å². The summed E-state index contributed by atoms with van der Waals surface area (Å²) in [4.78, 5) is 40.9. The molecule has 9 nitrogen and oxygen atoms in total. The van der Waals surface area contributed by atoms with E-state index in [1.807, 2.05) is 0 Å². The number of anilines is 1. The number of nitrogens with zero attached hydrogens (tertiary/aromatic N) is 2. The maximum absolute atomic E-state index is 12.3. The minimum atomic E-state index is -0.965. The van der Waals surface area contributed by atoms with Gasteiger partial charge in [-0.1, -0.05) is 5.92 Å². The molecule has 1 aromatic heterocycles. The number of nitrogens with one attached hydrogen (secondary N) is 2. The van der Waals surface area contributed by atoms with Gasteiger partial charge in [-0.05, 0) is 30.9 Å². The van der Waals surface area contributed by atoms with Crippen molar-refractivity contribution in [1.29, 1.82) is 0 Å². The molecule has 26 heavy (non-hydrogen) atoms. The Hall–Kier alpha value is -3.12. The molecule has 1 aromatic rings. The van der Waals surface area contributed by atoms with Crippen molar-refractivity contribution in [2.45, 2.75) is 31.4 Å². The van der Waals surface area contributed by atoms with E-state index in [0.29, 0.717) is 31.0 Å². The topological polar surface area (TPSA) is 121 Å². The Labute approximate surface area is 149 Å². The Morgan fingerprint density at radius 1 is 1.35 bits per heavy atom. The number of aliphatic hydroxyl groups excluding tert-OH is 1. The third kappa shape index (κ3) is 3.75. The maximum Gasteiger partial charge on any atom is 0.322 e. The molecule has 9 heteroatoms. The third-order valence-electron chi connectivity index (χ3n) is 4.08. The van der Waals surface area contributed by atoms with Crippen LogP contribution in [-0.2, 0) is 9.59 Å². The zero-order valence-corrected chi connectivity index (χ0v) is 14.1. The summed E-state index contributed by atoms with van der Waals surface area (Å²) >= 11 is 0. The van der Waals surface area contributed by atoms with Gasteiger partial charge in [0.2, 0.25) is 5.91 Å². The van der Waals surface area contributed by atoms with Crippen LogP contribution in [-0.4, -0.2) is 53.7 Å². The summed E-state index contributed by atoms with van der Waals surface area (Å²) < 4.78 is 5.22. The molecule has 0 aliphatic carbocycles. The average molecular weight is 358 g/mol. The second-order valence-corrected chi connectivity index (χ2v) is 5.93. The van der Waals surface area contributed by atoms with Gasteiger partial charge in [-0.15, -0.1) is 0 Å². The van der Waals surface area contributed by atoms with Crippen LogP contribution >= 0.6 is 0 Å². The molecule has 2 aliphatic heterocycles. The van der Waals surface area contributed by atoms with E-state index in [0.717, 1.165) is 0 Å². The summed E-state index contributed by atoms with van der Waals surface area (Å²) in [5.41, 5.74) is 0.247. The van der Waals surface area contributed by atoms with E-state index in [1.54, 1.807) is 12.1 Å². The zero-order chi connectivity index (χ0) is 18.7. The maximum atomic E-state index is 12.3. The highest BCUT2D eigenvalue weighted by molar-refractivity contribution is 6.05. The first-order valence-corrected chi connectivity index (χ1v) is 8.14. The fourth-order valence-corrected chi connectivity index (χ4v) is 2.77. The number of aliphatic hydroxyl groups is 1. The molecular weight excluding hydrogens is 340 g/mol. The first-order chi connectivity index (χ1) is 12.5. The normalized spacial score (nSPS) is 22.8. The Morgan fingerprint density at radius 3 is 2.85 bits per heavy atom. The summed E-state index contributed by atoms with van der Waals surface area (Å²) in [5, 5.41) is 14.2. The molecule has 3 rings (SSSR count). The van der Waals surface area contributed by atoms with Crippen molar-refractivity contribution < 1.29 is 24.2 Å². The standard InChI is InChI=1S/C17H18N4O5/c1-26-13-6-7-14(21-8-2-3-10(22)9-15(21)23)18-11(13)4-5-12-16(24)20-17(25)19-12/h6-7,10,12,22H,2-3,8-9H2,1H3,(H2,19,20,24,25). The Balaban J connectivity index is 1.89. The van der Waals surface area contributed by atoms with Gasteiger partial charge in [0.25, 0.3) is 5.91 Å². The molecule has 0 bridgehead atoms. The number of rotatable bonds is 2. The van der Waals surface area contributed by atoms with Crippen LogP contribution in [0.1, 0.15) is 25.0 Å². The second kappa shape index (κ2) is 7.41. The lowest BCUT2D eigenvalue weighted by atomic mass is 10.2. The van der Waals surface area contributed by atoms with Crippen LogP contribution in [0.15, 0.2) is 12.1 Å². The third-order valence-corrected chi connectivity index (χ3v) is 4.08. The van der Waals surface area contributed by atoms with E-state index in [4.69, 9.17) is 4.74 Å². The first kappa shape index (κ1) is 17.7. The highest BCUT2D eigenvalue weighted by Gasteiger charge is 2.28. The minimum absolute atomic E-state index is 0.0446. The molecule has 0 radical (unpaired) electrons. The van der Waals surface area contributed by atoms with E-state index in [9.17, 15) is 19.5 Å². The van der Waals surface area contributed by atoms with Gasteiger partial charge in [0, 0.05) is 6.54 Å². The van der Waals surface area contributed by atoms with Gasteiger partial charge in [0.15, 0.2) is 17.5 Å². The van der Waals surface area contributed by atoms with Gasteiger partial charge < -0.3 is 15.2 Å². The number of urea groups is 1. The molecule has 3 N–H and O–H groups in total.